The highest BCUT2D eigenvalue weighted by Gasteiger charge is 2.29. The Bertz CT molecular complexity index is 568. The molecule has 0 spiro atoms. The second kappa shape index (κ2) is 6.44. The van der Waals surface area contributed by atoms with Gasteiger partial charge in [0.1, 0.15) is 0 Å². The number of nitrogens with one attached hydrogen (secondary N) is 1. The van der Waals surface area contributed by atoms with Gasteiger partial charge in [0.05, 0.1) is 23.1 Å². The molecule has 1 atom stereocenters. The zero-order chi connectivity index (χ0) is 16.2. The number of primary amides is 1. The van der Waals surface area contributed by atoms with Crippen molar-refractivity contribution in [3.05, 3.63) is 33.9 Å². The van der Waals surface area contributed by atoms with Crippen molar-refractivity contribution >= 4 is 11.6 Å². The number of nitrogens with zero attached hydrogens (tertiary/aromatic N) is 1. The molecule has 1 aromatic rings. The molecule has 0 aliphatic heterocycles. The molecule has 1 aromatic carbocycles. The predicted molar refractivity (Wildman–Crippen MR) is 69.8 cm³/mol. The molecule has 0 aliphatic carbocycles. The van der Waals surface area contributed by atoms with Crippen LogP contribution >= 0.6 is 0 Å². The average Bonchev–Trinajstić information content (AvgIpc) is 2.41. The van der Waals surface area contributed by atoms with Gasteiger partial charge in [0.15, 0.2) is 11.6 Å². The molecule has 0 radical (unpaired) electrons. The van der Waals surface area contributed by atoms with Gasteiger partial charge >= 0.3 is 5.69 Å². The van der Waals surface area contributed by atoms with Crippen LogP contribution in [0.1, 0.15) is 13.3 Å². The van der Waals surface area contributed by atoms with Gasteiger partial charge in [-0.2, -0.15) is 4.39 Å². The molecular weight excluding hydrogens is 288 g/mol. The van der Waals surface area contributed by atoms with E-state index < -0.39 is 39.4 Å². The lowest BCUT2D eigenvalue weighted by Crippen LogP contribution is -2.52. The average molecular weight is 303 g/mol. The minimum absolute atomic E-state index is 0.108. The van der Waals surface area contributed by atoms with Crippen molar-refractivity contribution in [2.75, 3.05) is 13.7 Å². The summed E-state index contributed by atoms with van der Waals surface area (Å²) in [6, 6.07) is 1.03. The molecule has 1 unspecified atom stereocenters. The van der Waals surface area contributed by atoms with E-state index in [-0.39, 0.29) is 13.0 Å². The molecule has 1 rings (SSSR count). The highest BCUT2D eigenvalue weighted by atomic mass is 19.1. The number of likely N-dealkylation sites (N-methyl/N-ethyl adjacent to an activating group) is 1. The van der Waals surface area contributed by atoms with Crippen LogP contribution in [0.5, 0.6) is 5.75 Å². The summed E-state index contributed by atoms with van der Waals surface area (Å²) in [4.78, 5) is 20.6. The molecule has 0 aliphatic rings. The third kappa shape index (κ3) is 3.85. The number of carbonyl (C=O) groups excluding carboxylic acids is 1. The number of carbonyl (C=O) groups is 1. The van der Waals surface area contributed by atoms with Gasteiger partial charge in [-0.25, -0.2) is 4.39 Å². The number of ether oxygens (including phenoxy) is 1. The van der Waals surface area contributed by atoms with E-state index in [2.05, 4.69) is 5.32 Å². The van der Waals surface area contributed by atoms with Crippen molar-refractivity contribution < 1.29 is 23.2 Å². The second-order valence-corrected chi connectivity index (χ2v) is 4.54. The maximum atomic E-state index is 13.5. The molecule has 0 saturated carbocycles. The van der Waals surface area contributed by atoms with E-state index in [1.807, 2.05) is 0 Å². The van der Waals surface area contributed by atoms with E-state index in [1.54, 1.807) is 0 Å². The van der Waals surface area contributed by atoms with E-state index in [4.69, 9.17) is 10.5 Å². The van der Waals surface area contributed by atoms with E-state index >= 15 is 0 Å². The molecule has 7 nitrogen and oxygen atoms in total. The molecule has 9 heteroatoms. The van der Waals surface area contributed by atoms with Crippen molar-refractivity contribution in [2.24, 2.45) is 5.73 Å². The van der Waals surface area contributed by atoms with Crippen LogP contribution in [0.25, 0.3) is 0 Å². The molecular formula is C12H15F2N3O4. The van der Waals surface area contributed by atoms with Gasteiger partial charge in [0, 0.05) is 12.5 Å². The van der Waals surface area contributed by atoms with Gasteiger partial charge in [-0.15, -0.1) is 0 Å². The Morgan fingerprint density at radius 2 is 2.10 bits per heavy atom. The van der Waals surface area contributed by atoms with Crippen molar-refractivity contribution in [3.63, 3.8) is 0 Å². The first-order valence-corrected chi connectivity index (χ1v) is 5.96. The molecule has 0 aromatic heterocycles. The van der Waals surface area contributed by atoms with Crippen LogP contribution in [-0.4, -0.2) is 30.0 Å². The number of halogens is 2. The van der Waals surface area contributed by atoms with E-state index in [9.17, 15) is 23.7 Å². The Hall–Kier alpha value is -2.29. The molecule has 3 N–H and O–H groups in total. The Kier molecular flexibility index (Phi) is 5.14. The number of nitro benzene ring substituents is 1. The van der Waals surface area contributed by atoms with Crippen molar-refractivity contribution in [2.45, 2.75) is 18.9 Å². The van der Waals surface area contributed by atoms with Gasteiger partial charge in [-0.1, -0.05) is 0 Å². The molecule has 0 bridgehead atoms. The van der Waals surface area contributed by atoms with E-state index in [1.165, 1.54) is 14.0 Å². The Morgan fingerprint density at radius 3 is 2.57 bits per heavy atom. The highest BCUT2D eigenvalue weighted by molar-refractivity contribution is 5.84. The fourth-order valence-corrected chi connectivity index (χ4v) is 1.51. The largest absolute Gasteiger partial charge is 0.490 e. The third-order valence-electron chi connectivity index (χ3n) is 3.15. The summed E-state index contributed by atoms with van der Waals surface area (Å²) in [5, 5.41) is 13.1. The lowest BCUT2D eigenvalue weighted by Gasteiger charge is -2.25. The zero-order valence-electron chi connectivity index (χ0n) is 11.5. The molecule has 0 fully saturated rings. The first-order chi connectivity index (χ1) is 9.71. The van der Waals surface area contributed by atoms with Gasteiger partial charge in [-0.05, 0) is 14.0 Å². The molecule has 21 heavy (non-hydrogen) atoms. The van der Waals surface area contributed by atoms with Crippen LogP contribution < -0.4 is 15.8 Å². The summed E-state index contributed by atoms with van der Waals surface area (Å²) in [6.07, 6.45) is 0.108. The Labute approximate surface area is 119 Å². The van der Waals surface area contributed by atoms with Crippen LogP contribution in [0.4, 0.5) is 14.5 Å². The highest BCUT2D eigenvalue weighted by Crippen LogP contribution is 2.26. The number of nitrogens with two attached hydrogens (primary N) is 1. The molecule has 0 heterocycles. The maximum absolute atomic E-state index is 13.5. The van der Waals surface area contributed by atoms with Crippen molar-refractivity contribution in [1.29, 1.82) is 0 Å². The fourth-order valence-electron chi connectivity index (χ4n) is 1.51. The lowest BCUT2D eigenvalue weighted by atomic mass is 9.98. The number of nitro groups is 1. The summed E-state index contributed by atoms with van der Waals surface area (Å²) < 4.78 is 31.9. The fraction of sp³-hybridized carbons (Fsp3) is 0.417. The summed E-state index contributed by atoms with van der Waals surface area (Å²) in [7, 11) is 1.52. The maximum Gasteiger partial charge on any atom is 0.307 e. The molecule has 0 saturated heterocycles. The normalized spacial score (nSPS) is 13.5. The molecule has 1 amide bonds. The van der Waals surface area contributed by atoms with Crippen LogP contribution in [0.15, 0.2) is 12.1 Å². The van der Waals surface area contributed by atoms with Crippen LogP contribution in [-0.2, 0) is 4.79 Å². The first-order valence-electron chi connectivity index (χ1n) is 5.96. The Balaban J connectivity index is 2.79. The number of hydrogen-bond acceptors (Lipinski definition) is 5. The zero-order valence-corrected chi connectivity index (χ0v) is 11.5. The smallest absolute Gasteiger partial charge is 0.307 e. The standard InChI is InChI=1S/C12H15F2N3O4/c1-12(16-2,11(15)18)3-4-21-10-6-7(13)9(17(19)20)5-8(10)14/h5-6,16H,3-4H2,1-2H3,(H2,15,18). The second-order valence-electron chi connectivity index (χ2n) is 4.54. The van der Waals surface area contributed by atoms with Crippen LogP contribution in [0.2, 0.25) is 0 Å². The topological polar surface area (TPSA) is 107 Å². The summed E-state index contributed by atoms with van der Waals surface area (Å²) in [6.45, 7) is 1.40. The minimum Gasteiger partial charge on any atom is -0.490 e. The number of rotatable bonds is 7. The van der Waals surface area contributed by atoms with Crippen LogP contribution in [0.3, 0.4) is 0 Å². The van der Waals surface area contributed by atoms with Crippen molar-refractivity contribution in [3.8, 4) is 5.75 Å². The predicted octanol–water partition coefficient (Wildman–Crippen LogP) is 1.11. The van der Waals surface area contributed by atoms with E-state index in [0.29, 0.717) is 12.1 Å². The quantitative estimate of drug-likeness (QED) is 0.579. The third-order valence-corrected chi connectivity index (χ3v) is 3.15. The van der Waals surface area contributed by atoms with Gasteiger partial charge in [0.2, 0.25) is 11.7 Å². The number of benzene rings is 1. The van der Waals surface area contributed by atoms with Crippen LogP contribution in [0, 0.1) is 21.7 Å². The Morgan fingerprint density at radius 1 is 1.48 bits per heavy atom. The first kappa shape index (κ1) is 16.8. The van der Waals surface area contributed by atoms with Gasteiger partial charge in [-0.3, -0.25) is 14.9 Å². The SMILES string of the molecule is CNC(C)(CCOc1cc(F)c([N+](=O)[O-])cc1F)C(N)=O. The monoisotopic (exact) mass is 303 g/mol. The van der Waals surface area contributed by atoms with Gasteiger partial charge in [0.25, 0.3) is 0 Å². The number of amides is 1. The summed E-state index contributed by atoms with van der Waals surface area (Å²) >= 11 is 0. The summed E-state index contributed by atoms with van der Waals surface area (Å²) in [5.74, 6) is -3.36. The van der Waals surface area contributed by atoms with Gasteiger partial charge < -0.3 is 15.8 Å². The summed E-state index contributed by atoms with van der Waals surface area (Å²) in [5.41, 5.74) is 3.17. The lowest BCUT2D eigenvalue weighted by molar-refractivity contribution is -0.387. The minimum atomic E-state index is -1.21. The molecule has 116 valence electrons. The van der Waals surface area contributed by atoms with E-state index in [0.717, 1.165) is 0 Å². The number of hydrogen-bond donors (Lipinski definition) is 2. The van der Waals surface area contributed by atoms with Crippen molar-refractivity contribution in [1.82, 2.24) is 5.32 Å².